The molecular weight excluding hydrogens is 212 g/mol. The zero-order valence-corrected chi connectivity index (χ0v) is 8.83. The Kier molecular flexibility index (Phi) is 3.42. The summed E-state index contributed by atoms with van der Waals surface area (Å²) in [7, 11) is 0. The van der Waals surface area contributed by atoms with Crippen LogP contribution in [-0.4, -0.2) is 30.1 Å². The van der Waals surface area contributed by atoms with E-state index in [4.69, 9.17) is 15.7 Å². The molecule has 1 saturated heterocycles. The van der Waals surface area contributed by atoms with Crippen molar-refractivity contribution in [1.29, 1.82) is 0 Å². The van der Waals surface area contributed by atoms with Gasteiger partial charge in [0.15, 0.2) is 0 Å². The van der Waals surface area contributed by atoms with Gasteiger partial charge in [-0.25, -0.2) is 4.89 Å². The molecule has 0 radical (unpaired) electrons. The molecule has 1 aliphatic heterocycles. The molecule has 0 aromatic heterocycles. The SMILES string of the molecule is NCN/C=C/[C@@H]1[C@H]2CC(=O)O[C@H]2C[C@H]1OO. The molecule has 6 nitrogen and oxygen atoms in total. The first-order valence-electron chi connectivity index (χ1n) is 5.36. The average molecular weight is 228 g/mol. The van der Waals surface area contributed by atoms with Crippen LogP contribution >= 0.6 is 0 Å². The fourth-order valence-corrected chi connectivity index (χ4v) is 2.52. The van der Waals surface area contributed by atoms with Gasteiger partial charge in [-0.15, -0.1) is 0 Å². The highest BCUT2D eigenvalue weighted by Gasteiger charge is 2.49. The molecule has 0 aromatic rings. The van der Waals surface area contributed by atoms with Crippen molar-refractivity contribution < 1.29 is 19.7 Å². The van der Waals surface area contributed by atoms with Crippen molar-refractivity contribution in [1.82, 2.24) is 5.32 Å². The number of esters is 1. The molecule has 2 aliphatic rings. The van der Waals surface area contributed by atoms with Gasteiger partial charge in [0, 0.05) is 18.3 Å². The average Bonchev–Trinajstić information content (AvgIpc) is 2.76. The first kappa shape index (κ1) is 11.4. The minimum absolute atomic E-state index is 0.0134. The van der Waals surface area contributed by atoms with E-state index >= 15 is 0 Å². The van der Waals surface area contributed by atoms with Crippen molar-refractivity contribution in [3.63, 3.8) is 0 Å². The number of hydrogen-bond donors (Lipinski definition) is 3. The molecule has 0 amide bonds. The molecule has 1 saturated carbocycles. The molecule has 0 bridgehead atoms. The molecule has 6 heteroatoms. The monoisotopic (exact) mass is 228 g/mol. The Morgan fingerprint density at radius 3 is 3.19 bits per heavy atom. The van der Waals surface area contributed by atoms with Crippen LogP contribution in [0.4, 0.5) is 0 Å². The van der Waals surface area contributed by atoms with Gasteiger partial charge < -0.3 is 15.8 Å². The third-order valence-corrected chi connectivity index (χ3v) is 3.24. The number of hydrogen-bond acceptors (Lipinski definition) is 6. The molecule has 16 heavy (non-hydrogen) atoms. The van der Waals surface area contributed by atoms with E-state index in [0.29, 0.717) is 19.5 Å². The third kappa shape index (κ3) is 2.04. The third-order valence-electron chi connectivity index (χ3n) is 3.24. The number of nitrogens with one attached hydrogen (secondary N) is 1. The fourth-order valence-electron chi connectivity index (χ4n) is 2.52. The van der Waals surface area contributed by atoms with E-state index in [1.807, 2.05) is 6.08 Å². The molecule has 4 N–H and O–H groups in total. The summed E-state index contributed by atoms with van der Waals surface area (Å²) in [6.45, 7) is 0.345. The first-order valence-corrected chi connectivity index (χ1v) is 5.36. The van der Waals surface area contributed by atoms with Gasteiger partial charge in [-0.2, -0.15) is 0 Å². The van der Waals surface area contributed by atoms with Crippen molar-refractivity contribution in [3.05, 3.63) is 12.3 Å². The van der Waals surface area contributed by atoms with Crippen LogP contribution in [0, 0.1) is 11.8 Å². The Labute approximate surface area is 93.3 Å². The molecule has 2 fully saturated rings. The van der Waals surface area contributed by atoms with Crippen molar-refractivity contribution >= 4 is 5.97 Å². The van der Waals surface area contributed by atoms with Crippen LogP contribution in [0.15, 0.2) is 12.3 Å². The standard InChI is InChI=1S/C10H16N2O4/c11-5-12-2-1-6-7-3-10(13)15-8(7)4-9(6)16-14/h1-2,6-9,12,14H,3-5,11H2/b2-1+/t6-,7-,8+,9-/m1/s1. The zero-order chi connectivity index (χ0) is 11.5. The lowest BCUT2D eigenvalue weighted by Gasteiger charge is -2.16. The van der Waals surface area contributed by atoms with E-state index in [0.717, 1.165) is 0 Å². The lowest BCUT2D eigenvalue weighted by atomic mass is 9.92. The number of carbonyl (C=O) groups is 1. The molecule has 0 unspecified atom stereocenters. The van der Waals surface area contributed by atoms with Gasteiger partial charge in [0.2, 0.25) is 0 Å². The highest BCUT2D eigenvalue weighted by molar-refractivity contribution is 5.72. The number of rotatable bonds is 4. The van der Waals surface area contributed by atoms with Gasteiger partial charge >= 0.3 is 5.97 Å². The minimum atomic E-state index is -0.307. The highest BCUT2D eigenvalue weighted by Crippen LogP contribution is 2.42. The Morgan fingerprint density at radius 1 is 1.69 bits per heavy atom. The predicted molar refractivity (Wildman–Crippen MR) is 54.9 cm³/mol. The van der Waals surface area contributed by atoms with Gasteiger partial charge in [-0.1, -0.05) is 6.08 Å². The molecule has 4 atom stereocenters. The van der Waals surface area contributed by atoms with Crippen LogP contribution < -0.4 is 11.1 Å². The zero-order valence-electron chi connectivity index (χ0n) is 8.83. The molecule has 0 spiro atoms. The number of carbonyl (C=O) groups excluding carboxylic acids is 1. The molecule has 2 rings (SSSR count). The summed E-state index contributed by atoms with van der Waals surface area (Å²) in [5, 5.41) is 11.6. The fraction of sp³-hybridized carbons (Fsp3) is 0.700. The van der Waals surface area contributed by atoms with E-state index in [2.05, 4.69) is 10.2 Å². The summed E-state index contributed by atoms with van der Waals surface area (Å²) in [5.74, 6) is -0.0856. The molecular formula is C10H16N2O4. The van der Waals surface area contributed by atoms with Gasteiger partial charge in [0.1, 0.15) is 12.2 Å². The number of fused-ring (bicyclic) bond motifs is 1. The minimum Gasteiger partial charge on any atom is -0.462 e. The molecule has 1 aliphatic carbocycles. The van der Waals surface area contributed by atoms with E-state index in [9.17, 15) is 4.79 Å². The number of nitrogens with two attached hydrogens (primary N) is 1. The lowest BCUT2D eigenvalue weighted by Crippen LogP contribution is -2.22. The Hall–Kier alpha value is -1.11. The largest absolute Gasteiger partial charge is 0.462 e. The maximum Gasteiger partial charge on any atom is 0.306 e. The Morgan fingerprint density at radius 2 is 2.50 bits per heavy atom. The van der Waals surface area contributed by atoms with E-state index in [-0.39, 0.29) is 30.0 Å². The summed E-state index contributed by atoms with van der Waals surface area (Å²) in [4.78, 5) is 15.6. The molecule has 0 aromatic carbocycles. The summed E-state index contributed by atoms with van der Waals surface area (Å²) >= 11 is 0. The quantitative estimate of drug-likeness (QED) is 0.267. The van der Waals surface area contributed by atoms with Crippen LogP contribution in [-0.2, 0) is 14.4 Å². The van der Waals surface area contributed by atoms with Crippen LogP contribution in [0.1, 0.15) is 12.8 Å². The maximum atomic E-state index is 11.1. The lowest BCUT2D eigenvalue weighted by molar-refractivity contribution is -0.284. The van der Waals surface area contributed by atoms with Crippen LogP contribution in [0.3, 0.4) is 0 Å². The summed E-state index contributed by atoms with van der Waals surface area (Å²) in [5.41, 5.74) is 5.29. The van der Waals surface area contributed by atoms with E-state index in [1.165, 1.54) is 0 Å². The normalized spacial score (nSPS) is 37.8. The Balaban J connectivity index is 2.03. The Bertz CT molecular complexity index is 295. The number of ether oxygens (including phenoxy) is 1. The molecule has 1 heterocycles. The second-order valence-electron chi connectivity index (χ2n) is 4.12. The van der Waals surface area contributed by atoms with Crippen molar-refractivity contribution in [2.75, 3.05) is 6.67 Å². The van der Waals surface area contributed by atoms with Crippen molar-refractivity contribution in [2.45, 2.75) is 25.0 Å². The van der Waals surface area contributed by atoms with E-state index in [1.54, 1.807) is 6.20 Å². The van der Waals surface area contributed by atoms with Gasteiger partial charge in [-0.05, 0) is 6.20 Å². The van der Waals surface area contributed by atoms with Gasteiger partial charge in [-0.3, -0.25) is 10.1 Å². The second-order valence-corrected chi connectivity index (χ2v) is 4.12. The van der Waals surface area contributed by atoms with Crippen molar-refractivity contribution in [2.24, 2.45) is 17.6 Å². The van der Waals surface area contributed by atoms with Crippen LogP contribution in [0.5, 0.6) is 0 Å². The van der Waals surface area contributed by atoms with Gasteiger partial charge in [0.25, 0.3) is 0 Å². The summed E-state index contributed by atoms with van der Waals surface area (Å²) in [6.07, 6.45) is 4.10. The smallest absolute Gasteiger partial charge is 0.306 e. The van der Waals surface area contributed by atoms with Gasteiger partial charge in [0.05, 0.1) is 13.1 Å². The summed E-state index contributed by atoms with van der Waals surface area (Å²) < 4.78 is 5.14. The van der Waals surface area contributed by atoms with E-state index < -0.39 is 0 Å². The predicted octanol–water partition coefficient (Wildman–Crippen LogP) is -0.184. The molecule has 90 valence electrons. The summed E-state index contributed by atoms with van der Waals surface area (Å²) in [6, 6.07) is 0. The van der Waals surface area contributed by atoms with Crippen LogP contribution in [0.2, 0.25) is 0 Å². The maximum absolute atomic E-state index is 11.1. The first-order chi connectivity index (χ1) is 7.76. The van der Waals surface area contributed by atoms with Crippen molar-refractivity contribution in [3.8, 4) is 0 Å². The highest BCUT2D eigenvalue weighted by atomic mass is 17.1. The van der Waals surface area contributed by atoms with Crippen LogP contribution in [0.25, 0.3) is 0 Å². The topological polar surface area (TPSA) is 93.8 Å². The second kappa shape index (κ2) is 4.82.